The van der Waals surface area contributed by atoms with E-state index >= 15 is 0 Å². The second kappa shape index (κ2) is 9.03. The lowest BCUT2D eigenvalue weighted by Gasteiger charge is -2.33. The number of aromatic nitrogens is 5. The molecule has 1 fully saturated rings. The molecule has 2 N–H and O–H groups in total. The Bertz CT molecular complexity index is 1370. The van der Waals surface area contributed by atoms with Crippen molar-refractivity contribution in [1.29, 1.82) is 5.26 Å². The van der Waals surface area contributed by atoms with E-state index in [4.69, 9.17) is 5.73 Å². The maximum atomic E-state index is 13.7. The zero-order chi connectivity index (χ0) is 23.7. The van der Waals surface area contributed by atoms with Gasteiger partial charge in [-0.25, -0.2) is 14.8 Å². The number of fused-ring (bicyclic) bond motifs is 1. The van der Waals surface area contributed by atoms with Gasteiger partial charge in [-0.3, -0.25) is 13.9 Å². The monoisotopic (exact) mass is 448 g/mol. The molecular formula is C23H28N8O2. The lowest BCUT2D eigenvalue weighted by Crippen LogP contribution is -2.44. The molecule has 172 valence electrons. The van der Waals surface area contributed by atoms with Crippen molar-refractivity contribution in [3.63, 3.8) is 0 Å². The molecule has 0 radical (unpaired) electrons. The highest BCUT2D eigenvalue weighted by Gasteiger charge is 2.29. The molecule has 1 aliphatic heterocycles. The van der Waals surface area contributed by atoms with Crippen LogP contribution in [0.5, 0.6) is 0 Å². The standard InChI is InChI=1S/C23H28N8O2/c1-15(2)7-10-30-20-19(18(11-24)21(30)29-9-4-5-16(25)12-29)28(3)23(33)31(22(20)32)13-17-6-8-26-14-27-17/h6-8,14,16H,4-5,9-10,12-13,25H2,1-3H3. The van der Waals surface area contributed by atoms with E-state index in [1.165, 1.54) is 10.9 Å². The molecule has 0 saturated carbocycles. The highest BCUT2D eigenvalue weighted by molar-refractivity contribution is 5.90. The third kappa shape index (κ3) is 4.07. The lowest BCUT2D eigenvalue weighted by molar-refractivity contribution is 0.498. The van der Waals surface area contributed by atoms with Crippen LogP contribution in [0.1, 0.15) is 37.9 Å². The van der Waals surface area contributed by atoms with Crippen LogP contribution in [-0.4, -0.2) is 42.8 Å². The predicted molar refractivity (Wildman–Crippen MR) is 126 cm³/mol. The molecule has 0 aromatic carbocycles. The van der Waals surface area contributed by atoms with Gasteiger partial charge in [0, 0.05) is 38.9 Å². The summed E-state index contributed by atoms with van der Waals surface area (Å²) < 4.78 is 4.41. The minimum Gasteiger partial charge on any atom is -0.355 e. The number of hydrogen-bond acceptors (Lipinski definition) is 7. The topological polar surface area (TPSA) is 128 Å². The maximum absolute atomic E-state index is 13.7. The van der Waals surface area contributed by atoms with E-state index in [9.17, 15) is 14.9 Å². The number of allylic oxidation sites excluding steroid dienone is 2. The summed E-state index contributed by atoms with van der Waals surface area (Å²) in [6, 6.07) is 3.92. The summed E-state index contributed by atoms with van der Waals surface area (Å²) in [5.74, 6) is 0.645. The molecule has 3 aromatic heterocycles. The van der Waals surface area contributed by atoms with Crippen molar-refractivity contribution in [2.75, 3.05) is 18.0 Å². The van der Waals surface area contributed by atoms with Crippen molar-refractivity contribution in [3.8, 4) is 6.07 Å². The summed E-state index contributed by atoms with van der Waals surface area (Å²) in [5.41, 5.74) is 7.93. The van der Waals surface area contributed by atoms with Crippen LogP contribution in [0.15, 0.2) is 39.8 Å². The molecular weight excluding hydrogens is 420 g/mol. The van der Waals surface area contributed by atoms with Crippen molar-refractivity contribution < 1.29 is 0 Å². The van der Waals surface area contributed by atoms with E-state index < -0.39 is 11.2 Å². The van der Waals surface area contributed by atoms with Crippen LogP contribution in [-0.2, 0) is 20.1 Å². The molecule has 1 atom stereocenters. The van der Waals surface area contributed by atoms with E-state index in [-0.39, 0.29) is 12.6 Å². The molecule has 0 spiro atoms. The normalized spacial score (nSPS) is 16.1. The maximum Gasteiger partial charge on any atom is 0.331 e. The number of aryl methyl sites for hydroxylation is 1. The predicted octanol–water partition coefficient (Wildman–Crippen LogP) is 1.11. The Morgan fingerprint density at radius 2 is 2.09 bits per heavy atom. The Balaban J connectivity index is 2.04. The number of nitriles is 1. The fraction of sp³-hybridized carbons (Fsp3) is 0.435. The van der Waals surface area contributed by atoms with Gasteiger partial charge in [-0.15, -0.1) is 0 Å². The Labute approximate surface area is 191 Å². The molecule has 1 aliphatic rings. The van der Waals surface area contributed by atoms with Crippen molar-refractivity contribution in [2.24, 2.45) is 12.8 Å². The van der Waals surface area contributed by atoms with Gasteiger partial charge >= 0.3 is 5.69 Å². The van der Waals surface area contributed by atoms with Gasteiger partial charge in [-0.1, -0.05) is 11.6 Å². The van der Waals surface area contributed by atoms with Gasteiger partial charge in [0.25, 0.3) is 5.56 Å². The molecule has 0 bridgehead atoms. The first-order chi connectivity index (χ1) is 15.8. The van der Waals surface area contributed by atoms with Crippen LogP contribution in [0.4, 0.5) is 5.82 Å². The first-order valence-electron chi connectivity index (χ1n) is 11.0. The largest absolute Gasteiger partial charge is 0.355 e. The van der Waals surface area contributed by atoms with Gasteiger partial charge in [-0.05, 0) is 32.8 Å². The van der Waals surface area contributed by atoms with Gasteiger partial charge in [0.1, 0.15) is 29.3 Å². The van der Waals surface area contributed by atoms with Gasteiger partial charge in [0.2, 0.25) is 0 Å². The number of piperidine rings is 1. The first-order valence-corrected chi connectivity index (χ1v) is 11.0. The SMILES string of the molecule is CC(C)=CCn1c(N2CCCC(N)C2)c(C#N)c2c1c(=O)n(Cc1ccncn1)c(=O)n2C. The van der Waals surface area contributed by atoms with Gasteiger partial charge < -0.3 is 15.2 Å². The van der Waals surface area contributed by atoms with Gasteiger partial charge in [0.05, 0.1) is 17.8 Å². The third-order valence-electron chi connectivity index (χ3n) is 6.03. The molecule has 33 heavy (non-hydrogen) atoms. The number of hydrogen-bond donors (Lipinski definition) is 1. The van der Waals surface area contributed by atoms with Crippen LogP contribution in [0.25, 0.3) is 11.0 Å². The Kier molecular flexibility index (Phi) is 6.16. The zero-order valence-corrected chi connectivity index (χ0v) is 19.2. The Hall–Kier alpha value is -3.71. The highest BCUT2D eigenvalue weighted by Crippen LogP contribution is 2.32. The molecule has 4 heterocycles. The fourth-order valence-corrected chi connectivity index (χ4v) is 4.43. The molecule has 1 unspecified atom stereocenters. The number of nitrogens with two attached hydrogens (primary N) is 1. The van der Waals surface area contributed by atoms with E-state index in [1.54, 1.807) is 19.3 Å². The summed E-state index contributed by atoms with van der Waals surface area (Å²) in [7, 11) is 1.60. The van der Waals surface area contributed by atoms with E-state index in [2.05, 4.69) is 20.9 Å². The van der Waals surface area contributed by atoms with Crippen LogP contribution in [0, 0.1) is 11.3 Å². The minimum atomic E-state index is -0.496. The fourth-order valence-electron chi connectivity index (χ4n) is 4.43. The summed E-state index contributed by atoms with van der Waals surface area (Å²) in [6.07, 6.45) is 6.77. The Morgan fingerprint density at radius 1 is 1.30 bits per heavy atom. The molecule has 3 aromatic rings. The third-order valence-corrected chi connectivity index (χ3v) is 6.03. The van der Waals surface area contributed by atoms with Crippen molar-refractivity contribution in [1.82, 2.24) is 23.7 Å². The van der Waals surface area contributed by atoms with Crippen molar-refractivity contribution in [2.45, 2.75) is 45.8 Å². The van der Waals surface area contributed by atoms with Crippen molar-refractivity contribution >= 4 is 16.9 Å². The van der Waals surface area contributed by atoms with Crippen LogP contribution < -0.4 is 21.9 Å². The van der Waals surface area contributed by atoms with Crippen LogP contribution in [0.2, 0.25) is 0 Å². The molecule has 10 heteroatoms. The second-order valence-electron chi connectivity index (χ2n) is 8.68. The first kappa shape index (κ1) is 22.5. The van der Waals surface area contributed by atoms with E-state index in [1.807, 2.05) is 24.5 Å². The zero-order valence-electron chi connectivity index (χ0n) is 19.2. The smallest absolute Gasteiger partial charge is 0.331 e. The van der Waals surface area contributed by atoms with E-state index in [0.29, 0.717) is 41.2 Å². The highest BCUT2D eigenvalue weighted by atomic mass is 16.2. The molecule has 10 nitrogen and oxygen atoms in total. The lowest BCUT2D eigenvalue weighted by atomic mass is 10.1. The van der Waals surface area contributed by atoms with E-state index in [0.717, 1.165) is 29.5 Å². The molecule has 4 rings (SSSR count). The minimum absolute atomic E-state index is 0.0153. The molecule has 0 aliphatic carbocycles. The second-order valence-corrected chi connectivity index (χ2v) is 8.68. The number of rotatable bonds is 5. The summed E-state index contributed by atoms with van der Waals surface area (Å²) >= 11 is 0. The Morgan fingerprint density at radius 3 is 2.73 bits per heavy atom. The van der Waals surface area contributed by atoms with Gasteiger partial charge in [-0.2, -0.15) is 5.26 Å². The molecule has 0 amide bonds. The number of nitrogens with zero attached hydrogens (tertiary/aromatic N) is 7. The average molecular weight is 449 g/mol. The average Bonchev–Trinajstić information content (AvgIpc) is 3.14. The van der Waals surface area contributed by atoms with Crippen LogP contribution in [0.3, 0.4) is 0 Å². The summed E-state index contributed by atoms with van der Waals surface area (Å²) in [4.78, 5) is 37.0. The molecule has 1 saturated heterocycles. The van der Waals surface area contributed by atoms with Crippen LogP contribution >= 0.6 is 0 Å². The number of anilines is 1. The summed E-state index contributed by atoms with van der Waals surface area (Å²) in [5, 5.41) is 10.1. The summed E-state index contributed by atoms with van der Waals surface area (Å²) in [6.45, 7) is 5.71. The van der Waals surface area contributed by atoms with Gasteiger partial charge in [0.15, 0.2) is 0 Å². The van der Waals surface area contributed by atoms with Crippen molar-refractivity contribution in [3.05, 3.63) is 62.3 Å². The quantitative estimate of drug-likeness (QED) is 0.579.